The molecule has 0 aromatic heterocycles. The number of aliphatic hydroxyl groups is 5. The van der Waals surface area contributed by atoms with Crippen LogP contribution in [0.2, 0.25) is 0 Å². The molecule has 0 radical (unpaired) electrons. The highest BCUT2D eigenvalue weighted by Crippen LogP contribution is 2.13. The predicted molar refractivity (Wildman–Crippen MR) is 156 cm³/mol. The van der Waals surface area contributed by atoms with E-state index in [0.29, 0.717) is 19.4 Å². The van der Waals surface area contributed by atoms with Gasteiger partial charge in [-0.1, -0.05) is 104 Å². The van der Waals surface area contributed by atoms with Crippen molar-refractivity contribution >= 4 is 11.8 Å². The third-order valence-corrected chi connectivity index (χ3v) is 7.28. The van der Waals surface area contributed by atoms with Gasteiger partial charge in [0.2, 0.25) is 5.91 Å². The SMILES string of the molecule is CCCCCCCCCCCCCCCOCC(CCC)C(=O)NC(CC)NC(=O)[C@H](O)[C@@H](O)[C@H](O)[C@H](O)CO. The summed E-state index contributed by atoms with van der Waals surface area (Å²) in [6.45, 7) is 6.01. The Balaban J connectivity index is 4.23. The van der Waals surface area contributed by atoms with E-state index < -0.39 is 43.1 Å². The summed E-state index contributed by atoms with van der Waals surface area (Å²) in [6.07, 6.45) is 9.89. The molecule has 7 N–H and O–H groups in total. The molecule has 2 amide bonds. The molecule has 0 rings (SSSR count). The van der Waals surface area contributed by atoms with E-state index in [2.05, 4.69) is 17.6 Å². The van der Waals surface area contributed by atoms with Gasteiger partial charge in [0.15, 0.2) is 6.10 Å². The molecule has 0 bridgehead atoms. The van der Waals surface area contributed by atoms with Gasteiger partial charge in [-0.25, -0.2) is 0 Å². The minimum atomic E-state index is -2.06. The van der Waals surface area contributed by atoms with Crippen LogP contribution in [0.1, 0.15) is 124 Å². The van der Waals surface area contributed by atoms with E-state index in [1.807, 2.05) is 6.92 Å². The predicted octanol–water partition coefficient (Wildman–Crippen LogP) is 2.91. The normalized spacial score (nSPS) is 16.1. The minimum Gasteiger partial charge on any atom is -0.394 e. The minimum absolute atomic E-state index is 0.273. The zero-order valence-corrected chi connectivity index (χ0v) is 25.4. The molecule has 0 saturated heterocycles. The first kappa shape index (κ1) is 38.7. The topological polar surface area (TPSA) is 169 Å². The van der Waals surface area contributed by atoms with E-state index in [-0.39, 0.29) is 18.4 Å². The molecule has 10 heteroatoms. The molecule has 0 aliphatic rings. The van der Waals surface area contributed by atoms with Crippen molar-refractivity contribution in [3.8, 4) is 0 Å². The number of unbranched alkanes of at least 4 members (excludes halogenated alkanes) is 12. The van der Waals surface area contributed by atoms with Gasteiger partial charge in [0.1, 0.15) is 24.5 Å². The van der Waals surface area contributed by atoms with E-state index in [1.54, 1.807) is 6.92 Å². The summed E-state index contributed by atoms with van der Waals surface area (Å²) < 4.78 is 5.80. The second-order valence-corrected chi connectivity index (χ2v) is 11.0. The zero-order chi connectivity index (χ0) is 30.2. The number of carbonyl (C=O) groups excluding carboxylic acids is 2. The van der Waals surface area contributed by atoms with Crippen molar-refractivity contribution in [2.75, 3.05) is 19.8 Å². The number of aliphatic hydroxyl groups excluding tert-OH is 5. The lowest BCUT2D eigenvalue weighted by Crippen LogP contribution is -2.56. The van der Waals surface area contributed by atoms with Crippen LogP contribution >= 0.6 is 0 Å². The van der Waals surface area contributed by atoms with Crippen LogP contribution in [0.3, 0.4) is 0 Å². The highest BCUT2D eigenvalue weighted by molar-refractivity contribution is 5.83. The van der Waals surface area contributed by atoms with E-state index >= 15 is 0 Å². The molecule has 0 spiro atoms. The Hall–Kier alpha value is -1.30. The molecule has 10 nitrogen and oxygen atoms in total. The van der Waals surface area contributed by atoms with E-state index in [4.69, 9.17) is 9.84 Å². The van der Waals surface area contributed by atoms with Crippen molar-refractivity contribution < 1.29 is 39.9 Å². The lowest BCUT2D eigenvalue weighted by Gasteiger charge is -2.27. The molecule has 0 saturated carbocycles. The Morgan fingerprint density at radius 3 is 1.65 bits per heavy atom. The lowest BCUT2D eigenvalue weighted by atomic mass is 10.0. The maximum atomic E-state index is 12.8. The van der Waals surface area contributed by atoms with E-state index in [0.717, 1.165) is 19.3 Å². The summed E-state index contributed by atoms with van der Waals surface area (Å²) in [4.78, 5) is 25.2. The second kappa shape index (κ2) is 25.4. The maximum absolute atomic E-state index is 12.8. The van der Waals surface area contributed by atoms with Crippen molar-refractivity contribution in [1.82, 2.24) is 10.6 Å². The standard InChI is InChI=1S/C30H60N2O8/c1-4-7-8-9-10-11-12-13-14-15-16-17-18-20-40-22-23(19-5-2)29(38)31-25(6-3)32-30(39)28(37)27(36)26(35)24(34)21-33/h23-28,33-37H,4-22H2,1-3H3,(H,31,38)(H,32,39)/t23?,24-,25?,26-,27+,28-/m1/s1. The van der Waals surface area contributed by atoms with Gasteiger partial charge in [-0.05, 0) is 19.3 Å². The fraction of sp³-hybridized carbons (Fsp3) is 0.933. The van der Waals surface area contributed by atoms with Crippen LogP contribution in [0.25, 0.3) is 0 Å². The highest BCUT2D eigenvalue weighted by atomic mass is 16.5. The fourth-order valence-corrected chi connectivity index (χ4v) is 4.55. The molecular formula is C30H60N2O8. The van der Waals surface area contributed by atoms with Crippen LogP contribution in [0, 0.1) is 5.92 Å². The largest absolute Gasteiger partial charge is 0.394 e. The molecular weight excluding hydrogens is 516 g/mol. The van der Waals surface area contributed by atoms with E-state index in [1.165, 1.54) is 70.6 Å². The summed E-state index contributed by atoms with van der Waals surface area (Å²) in [5.41, 5.74) is 0. The molecule has 0 fully saturated rings. The van der Waals surface area contributed by atoms with Crippen molar-refractivity contribution in [3.63, 3.8) is 0 Å². The number of ether oxygens (including phenoxy) is 1. The zero-order valence-electron chi connectivity index (χ0n) is 25.4. The van der Waals surface area contributed by atoms with Crippen LogP contribution in [0.4, 0.5) is 0 Å². The maximum Gasteiger partial charge on any atom is 0.253 e. The number of amides is 2. The van der Waals surface area contributed by atoms with Crippen LogP contribution in [0.15, 0.2) is 0 Å². The number of carbonyl (C=O) groups is 2. The second-order valence-electron chi connectivity index (χ2n) is 11.0. The van der Waals surface area contributed by atoms with Gasteiger partial charge in [0.05, 0.1) is 19.1 Å². The third kappa shape index (κ3) is 18.2. The average Bonchev–Trinajstić information content (AvgIpc) is 2.96. The average molecular weight is 577 g/mol. The Labute approximate surface area is 242 Å². The number of hydrogen-bond acceptors (Lipinski definition) is 8. The summed E-state index contributed by atoms with van der Waals surface area (Å²) in [7, 11) is 0. The Morgan fingerprint density at radius 2 is 1.18 bits per heavy atom. The highest BCUT2D eigenvalue weighted by Gasteiger charge is 2.35. The van der Waals surface area contributed by atoms with Gasteiger partial charge in [0, 0.05) is 6.61 Å². The summed E-state index contributed by atoms with van der Waals surface area (Å²) in [6, 6.07) is 0. The molecule has 0 aromatic rings. The molecule has 40 heavy (non-hydrogen) atoms. The molecule has 0 aliphatic carbocycles. The van der Waals surface area contributed by atoms with Crippen LogP contribution in [-0.2, 0) is 14.3 Å². The fourth-order valence-electron chi connectivity index (χ4n) is 4.55. The number of hydrogen-bond donors (Lipinski definition) is 7. The molecule has 238 valence electrons. The molecule has 6 atom stereocenters. The van der Waals surface area contributed by atoms with Crippen molar-refractivity contribution in [2.24, 2.45) is 5.92 Å². The Morgan fingerprint density at radius 1 is 0.675 bits per heavy atom. The van der Waals surface area contributed by atoms with Crippen molar-refractivity contribution in [1.29, 1.82) is 0 Å². The third-order valence-electron chi connectivity index (χ3n) is 7.28. The van der Waals surface area contributed by atoms with Gasteiger partial charge in [-0.3, -0.25) is 9.59 Å². The van der Waals surface area contributed by atoms with Crippen LogP contribution < -0.4 is 10.6 Å². The van der Waals surface area contributed by atoms with Gasteiger partial charge in [-0.15, -0.1) is 0 Å². The van der Waals surface area contributed by atoms with E-state index in [9.17, 15) is 30.0 Å². The van der Waals surface area contributed by atoms with Gasteiger partial charge in [-0.2, -0.15) is 0 Å². The lowest BCUT2D eigenvalue weighted by molar-refractivity contribution is -0.150. The first-order chi connectivity index (χ1) is 19.2. The van der Waals surface area contributed by atoms with Crippen LogP contribution in [0.5, 0.6) is 0 Å². The summed E-state index contributed by atoms with van der Waals surface area (Å²) in [5.74, 6) is -1.67. The van der Waals surface area contributed by atoms with Crippen molar-refractivity contribution in [2.45, 2.75) is 154 Å². The monoisotopic (exact) mass is 576 g/mol. The number of nitrogens with one attached hydrogen (secondary N) is 2. The van der Waals surface area contributed by atoms with Crippen LogP contribution in [-0.4, -0.2) is 87.7 Å². The summed E-state index contributed by atoms with van der Waals surface area (Å²) in [5, 5.41) is 53.1. The first-order valence-corrected chi connectivity index (χ1v) is 15.7. The first-order valence-electron chi connectivity index (χ1n) is 15.7. The molecule has 0 heterocycles. The molecule has 0 aromatic carbocycles. The summed E-state index contributed by atoms with van der Waals surface area (Å²) >= 11 is 0. The quantitative estimate of drug-likeness (QED) is 0.0578. The van der Waals surface area contributed by atoms with Gasteiger partial charge >= 0.3 is 0 Å². The molecule has 2 unspecified atom stereocenters. The Kier molecular flexibility index (Phi) is 24.6. The van der Waals surface area contributed by atoms with Gasteiger partial charge in [0.25, 0.3) is 5.91 Å². The Bertz CT molecular complexity index is 625. The smallest absolute Gasteiger partial charge is 0.253 e. The molecule has 0 aliphatic heterocycles. The van der Waals surface area contributed by atoms with Crippen molar-refractivity contribution in [3.05, 3.63) is 0 Å². The van der Waals surface area contributed by atoms with Gasteiger partial charge < -0.3 is 40.9 Å². The number of rotatable bonds is 27.